The molecule has 0 fully saturated rings. The molecule has 1 atom stereocenters. The van der Waals surface area contributed by atoms with Gasteiger partial charge in [-0.1, -0.05) is 48.5 Å². The number of hydrogen-bond acceptors (Lipinski definition) is 4. The molecule has 36 heavy (non-hydrogen) atoms. The number of carbonyl (C=O) groups is 1. The second-order valence-electron chi connectivity index (χ2n) is 8.35. The smallest absolute Gasteiger partial charge is 0.415 e. The summed E-state index contributed by atoms with van der Waals surface area (Å²) in [6, 6.07) is 12.9. The van der Waals surface area contributed by atoms with E-state index in [-0.39, 0.29) is 11.9 Å². The van der Waals surface area contributed by atoms with E-state index < -0.39 is 6.09 Å². The molecule has 1 amide bonds. The fourth-order valence-electron chi connectivity index (χ4n) is 4.20. The summed E-state index contributed by atoms with van der Waals surface area (Å²) in [5, 5.41) is 3.86. The van der Waals surface area contributed by atoms with Gasteiger partial charge in [0.25, 0.3) is 0 Å². The Morgan fingerprint density at radius 3 is 2.81 bits per heavy atom. The van der Waals surface area contributed by atoms with Crippen molar-refractivity contribution in [1.29, 1.82) is 0 Å². The van der Waals surface area contributed by atoms with Gasteiger partial charge in [-0.15, -0.1) is 0 Å². The summed E-state index contributed by atoms with van der Waals surface area (Å²) in [7, 11) is 1.87. The average Bonchev–Trinajstić information content (AvgIpc) is 3.11. The SMILES string of the molecule is C=CCOc1ccc(C2C=C(c3cc(Cl)ccc3NC)CCN2C(=O)OC2=CC=C(F)C=CC2)cc1. The van der Waals surface area contributed by atoms with E-state index in [0.717, 1.165) is 22.4 Å². The number of benzene rings is 2. The van der Waals surface area contributed by atoms with Crippen LogP contribution < -0.4 is 10.1 Å². The number of hydrogen-bond donors (Lipinski definition) is 1. The fraction of sp³-hybridized carbons (Fsp3) is 0.207. The van der Waals surface area contributed by atoms with Gasteiger partial charge in [-0.25, -0.2) is 9.18 Å². The summed E-state index contributed by atoms with van der Waals surface area (Å²) in [6.07, 6.45) is 9.98. The van der Waals surface area contributed by atoms with E-state index in [2.05, 4.69) is 18.0 Å². The number of carbonyl (C=O) groups excluding carboxylic acids is 1. The van der Waals surface area contributed by atoms with E-state index in [9.17, 15) is 9.18 Å². The summed E-state index contributed by atoms with van der Waals surface area (Å²) in [5.74, 6) is 0.715. The lowest BCUT2D eigenvalue weighted by molar-refractivity contribution is 0.116. The van der Waals surface area contributed by atoms with Crippen molar-refractivity contribution < 1.29 is 18.7 Å². The number of halogens is 2. The second kappa shape index (κ2) is 11.8. The molecule has 2 aromatic rings. The molecule has 5 nitrogen and oxygen atoms in total. The molecular formula is C29H28ClFN2O3. The molecule has 2 aliphatic rings. The monoisotopic (exact) mass is 506 g/mol. The molecule has 1 N–H and O–H groups in total. The van der Waals surface area contributed by atoms with Crippen molar-refractivity contribution in [2.75, 3.05) is 25.5 Å². The van der Waals surface area contributed by atoms with E-state index in [1.807, 2.05) is 49.5 Å². The van der Waals surface area contributed by atoms with Crippen LogP contribution in [0, 0.1) is 0 Å². The van der Waals surface area contributed by atoms with Crippen molar-refractivity contribution >= 4 is 29.0 Å². The van der Waals surface area contributed by atoms with Crippen molar-refractivity contribution in [2.45, 2.75) is 18.9 Å². The van der Waals surface area contributed by atoms with Crippen LogP contribution in [0.4, 0.5) is 14.9 Å². The first-order valence-electron chi connectivity index (χ1n) is 11.7. The van der Waals surface area contributed by atoms with Gasteiger partial charge in [0.2, 0.25) is 0 Å². The highest BCUT2D eigenvalue weighted by Gasteiger charge is 2.30. The van der Waals surface area contributed by atoms with Crippen LogP contribution >= 0.6 is 11.6 Å². The van der Waals surface area contributed by atoms with Crippen molar-refractivity contribution in [1.82, 2.24) is 4.90 Å². The van der Waals surface area contributed by atoms with Gasteiger partial charge in [0.05, 0.1) is 6.04 Å². The van der Waals surface area contributed by atoms with E-state index in [0.29, 0.717) is 42.5 Å². The molecular weight excluding hydrogens is 479 g/mol. The van der Waals surface area contributed by atoms with Gasteiger partial charge in [0.15, 0.2) is 0 Å². The Hall–Kier alpha value is -3.77. The lowest BCUT2D eigenvalue weighted by Crippen LogP contribution is -2.37. The number of ether oxygens (including phenoxy) is 2. The van der Waals surface area contributed by atoms with Crippen LogP contribution in [-0.4, -0.2) is 31.2 Å². The normalized spacial score (nSPS) is 17.4. The molecule has 186 valence electrons. The van der Waals surface area contributed by atoms with Crippen molar-refractivity contribution in [2.24, 2.45) is 0 Å². The standard InChI is InChI=1S/C29H28ClFN2O3/c1-3-17-35-24-11-7-20(8-12-24)28-18-21(26-19-22(30)9-14-27(26)32-2)15-16-33(28)29(34)36-25-6-4-5-23(31)10-13-25/h3-5,7-14,18-19,28,32H,1,6,15-17H2,2H3. The van der Waals surface area contributed by atoms with Crippen LogP contribution in [0.25, 0.3) is 5.57 Å². The molecule has 4 rings (SSSR count). The van der Waals surface area contributed by atoms with Crippen LogP contribution in [0.5, 0.6) is 5.75 Å². The molecule has 7 heteroatoms. The summed E-state index contributed by atoms with van der Waals surface area (Å²) in [5.41, 5.74) is 3.93. The molecule has 0 saturated heterocycles. The highest BCUT2D eigenvalue weighted by molar-refractivity contribution is 6.30. The van der Waals surface area contributed by atoms with Gasteiger partial charge < -0.3 is 14.8 Å². The quantitative estimate of drug-likeness (QED) is 0.392. The molecule has 1 aliphatic heterocycles. The Bertz CT molecular complexity index is 1250. The fourth-order valence-corrected chi connectivity index (χ4v) is 4.37. The zero-order chi connectivity index (χ0) is 25.5. The number of amides is 1. The van der Waals surface area contributed by atoms with Gasteiger partial charge in [0, 0.05) is 36.3 Å². The Morgan fingerprint density at radius 2 is 2.06 bits per heavy atom. The van der Waals surface area contributed by atoms with Gasteiger partial charge in [0.1, 0.15) is 23.9 Å². The molecule has 2 aromatic carbocycles. The van der Waals surface area contributed by atoms with E-state index >= 15 is 0 Å². The third-order valence-corrected chi connectivity index (χ3v) is 6.22. The van der Waals surface area contributed by atoms with Crippen molar-refractivity contribution in [3.63, 3.8) is 0 Å². The predicted molar refractivity (Wildman–Crippen MR) is 143 cm³/mol. The highest BCUT2D eigenvalue weighted by atomic mass is 35.5. The van der Waals surface area contributed by atoms with Crippen molar-refractivity contribution in [3.8, 4) is 5.75 Å². The summed E-state index contributed by atoms with van der Waals surface area (Å²) >= 11 is 6.31. The minimum absolute atomic E-state index is 0.332. The first-order chi connectivity index (χ1) is 17.5. The summed E-state index contributed by atoms with van der Waals surface area (Å²) in [4.78, 5) is 15.0. The van der Waals surface area contributed by atoms with Crippen LogP contribution in [0.2, 0.25) is 5.02 Å². The van der Waals surface area contributed by atoms with Crippen LogP contribution in [0.1, 0.15) is 30.0 Å². The lowest BCUT2D eigenvalue weighted by atomic mass is 9.91. The van der Waals surface area contributed by atoms with Crippen molar-refractivity contribution in [3.05, 3.63) is 113 Å². The largest absolute Gasteiger partial charge is 0.490 e. The maximum absolute atomic E-state index is 13.5. The topological polar surface area (TPSA) is 50.8 Å². The molecule has 0 spiro atoms. The highest BCUT2D eigenvalue weighted by Crippen LogP contribution is 2.38. The molecule has 0 aromatic heterocycles. The van der Waals surface area contributed by atoms with Gasteiger partial charge >= 0.3 is 6.09 Å². The molecule has 1 unspecified atom stereocenters. The predicted octanol–water partition coefficient (Wildman–Crippen LogP) is 7.61. The number of rotatable bonds is 7. The third-order valence-electron chi connectivity index (χ3n) is 5.98. The molecule has 0 bridgehead atoms. The zero-order valence-electron chi connectivity index (χ0n) is 20.0. The van der Waals surface area contributed by atoms with E-state index in [1.165, 1.54) is 18.2 Å². The van der Waals surface area contributed by atoms with E-state index in [1.54, 1.807) is 17.1 Å². The van der Waals surface area contributed by atoms with Crippen LogP contribution in [0.3, 0.4) is 0 Å². The lowest BCUT2D eigenvalue weighted by Gasteiger charge is -2.34. The molecule has 1 heterocycles. The maximum Gasteiger partial charge on any atom is 0.415 e. The van der Waals surface area contributed by atoms with Gasteiger partial charge in [-0.05, 0) is 66.1 Å². The number of anilines is 1. The Kier molecular flexibility index (Phi) is 8.28. The Labute approximate surface area is 215 Å². The number of allylic oxidation sites excluding steroid dienone is 5. The third kappa shape index (κ3) is 6.07. The Balaban J connectivity index is 1.67. The first kappa shape index (κ1) is 25.3. The zero-order valence-corrected chi connectivity index (χ0v) is 20.8. The maximum atomic E-state index is 13.5. The number of nitrogens with one attached hydrogen (secondary N) is 1. The number of nitrogens with zero attached hydrogens (tertiary/aromatic N) is 1. The minimum atomic E-state index is -0.488. The minimum Gasteiger partial charge on any atom is -0.490 e. The average molecular weight is 507 g/mol. The van der Waals surface area contributed by atoms with Crippen LogP contribution in [0.15, 0.2) is 97.1 Å². The molecule has 0 radical (unpaired) electrons. The molecule has 0 saturated carbocycles. The van der Waals surface area contributed by atoms with Gasteiger partial charge in [-0.3, -0.25) is 4.90 Å². The first-order valence-corrected chi connectivity index (χ1v) is 12.1. The summed E-state index contributed by atoms with van der Waals surface area (Å²) < 4.78 is 24.8. The Morgan fingerprint density at radius 1 is 1.25 bits per heavy atom. The van der Waals surface area contributed by atoms with Crippen LogP contribution in [-0.2, 0) is 4.74 Å². The summed E-state index contributed by atoms with van der Waals surface area (Å²) in [6.45, 7) is 4.52. The molecule has 1 aliphatic carbocycles. The second-order valence-corrected chi connectivity index (χ2v) is 8.78. The van der Waals surface area contributed by atoms with E-state index in [4.69, 9.17) is 21.1 Å². The van der Waals surface area contributed by atoms with Gasteiger partial charge in [-0.2, -0.15) is 0 Å².